The fourth-order valence-corrected chi connectivity index (χ4v) is 5.19. The zero-order chi connectivity index (χ0) is 14.4. The number of carbonyl (C=O) groups is 1. The van der Waals surface area contributed by atoms with Crippen LogP contribution < -0.4 is 0 Å². The minimum absolute atomic E-state index is 0.0449. The van der Waals surface area contributed by atoms with E-state index in [4.69, 9.17) is 14.2 Å². The van der Waals surface area contributed by atoms with Crippen molar-refractivity contribution in [3.63, 3.8) is 0 Å². The number of esters is 1. The number of aliphatic hydroxyl groups excluding tert-OH is 1. The summed E-state index contributed by atoms with van der Waals surface area (Å²) in [6.07, 6.45) is 6.32. The Labute approximate surface area is 119 Å². The summed E-state index contributed by atoms with van der Waals surface area (Å²) in [6.45, 7) is 0.794. The molecule has 1 N–H and O–H groups in total. The monoisotopic (exact) mass is 284 g/mol. The Morgan fingerprint density at radius 2 is 1.95 bits per heavy atom. The summed E-state index contributed by atoms with van der Waals surface area (Å²) in [5, 5.41) is 9.69. The highest BCUT2D eigenvalue weighted by Crippen LogP contribution is 2.63. The zero-order valence-electron chi connectivity index (χ0n) is 12.3. The summed E-state index contributed by atoms with van der Waals surface area (Å²) < 4.78 is 16.0. The van der Waals surface area contributed by atoms with Gasteiger partial charge < -0.3 is 19.3 Å². The molecule has 4 bridgehead atoms. The molecule has 5 nitrogen and oxygen atoms in total. The normalized spacial score (nSPS) is 43.5. The van der Waals surface area contributed by atoms with Gasteiger partial charge in [0.2, 0.25) is 0 Å². The quantitative estimate of drug-likeness (QED) is 0.616. The fourth-order valence-electron chi connectivity index (χ4n) is 5.19. The molecule has 0 aromatic carbocycles. The van der Waals surface area contributed by atoms with Crippen molar-refractivity contribution in [3.8, 4) is 0 Å². The standard InChI is InChI=1S/C15H24O5/c1-10(16)19-9-14-4-11-3-12(5-14)7-15(6-11,8-14)20-13(17)18-2/h11-13,17H,3-9H2,1-2H3. The first-order chi connectivity index (χ1) is 9.44. The van der Waals surface area contributed by atoms with Crippen molar-refractivity contribution in [2.75, 3.05) is 13.7 Å². The van der Waals surface area contributed by atoms with E-state index in [9.17, 15) is 9.90 Å². The number of methoxy groups -OCH3 is 1. The van der Waals surface area contributed by atoms with Crippen LogP contribution in [0.25, 0.3) is 0 Å². The second kappa shape index (κ2) is 4.97. The van der Waals surface area contributed by atoms with Gasteiger partial charge in [-0.05, 0) is 50.4 Å². The number of hydrogen-bond donors (Lipinski definition) is 1. The van der Waals surface area contributed by atoms with Crippen LogP contribution in [0, 0.1) is 17.3 Å². The van der Waals surface area contributed by atoms with Gasteiger partial charge in [0.1, 0.15) is 0 Å². The van der Waals surface area contributed by atoms with E-state index in [0.717, 1.165) is 32.1 Å². The molecule has 3 atom stereocenters. The molecule has 0 radical (unpaired) electrons. The average Bonchev–Trinajstić information content (AvgIpc) is 2.34. The second-order valence-corrected chi connectivity index (χ2v) is 7.08. The van der Waals surface area contributed by atoms with E-state index in [1.165, 1.54) is 20.5 Å². The Hall–Kier alpha value is -0.650. The van der Waals surface area contributed by atoms with Crippen LogP contribution in [0.1, 0.15) is 45.4 Å². The van der Waals surface area contributed by atoms with Crippen LogP contribution in [-0.2, 0) is 19.0 Å². The van der Waals surface area contributed by atoms with Gasteiger partial charge in [0.25, 0.3) is 6.48 Å². The van der Waals surface area contributed by atoms with E-state index >= 15 is 0 Å². The lowest BCUT2D eigenvalue weighted by Crippen LogP contribution is -2.59. The van der Waals surface area contributed by atoms with Gasteiger partial charge in [0.05, 0.1) is 12.2 Å². The van der Waals surface area contributed by atoms with Crippen molar-refractivity contribution in [1.82, 2.24) is 0 Å². The first kappa shape index (κ1) is 14.3. The topological polar surface area (TPSA) is 65.0 Å². The molecule has 0 heterocycles. The lowest BCUT2D eigenvalue weighted by Gasteiger charge is -2.61. The van der Waals surface area contributed by atoms with E-state index in [0.29, 0.717) is 18.4 Å². The number of carbonyl (C=O) groups excluding carboxylic acids is 1. The van der Waals surface area contributed by atoms with Crippen molar-refractivity contribution in [1.29, 1.82) is 0 Å². The van der Waals surface area contributed by atoms with Crippen LogP contribution >= 0.6 is 0 Å². The Kier molecular flexibility index (Phi) is 3.55. The van der Waals surface area contributed by atoms with Crippen molar-refractivity contribution in [3.05, 3.63) is 0 Å². The molecule has 20 heavy (non-hydrogen) atoms. The molecule has 4 aliphatic carbocycles. The molecule has 0 spiro atoms. The van der Waals surface area contributed by atoms with Gasteiger partial charge in [0, 0.05) is 19.4 Å². The van der Waals surface area contributed by atoms with E-state index < -0.39 is 6.48 Å². The molecule has 5 heteroatoms. The predicted molar refractivity (Wildman–Crippen MR) is 70.6 cm³/mol. The average molecular weight is 284 g/mol. The summed E-state index contributed by atoms with van der Waals surface area (Å²) >= 11 is 0. The highest BCUT2D eigenvalue weighted by Gasteiger charge is 2.59. The fraction of sp³-hybridized carbons (Fsp3) is 0.933. The molecule has 0 aromatic rings. The molecule has 0 amide bonds. The van der Waals surface area contributed by atoms with E-state index in [-0.39, 0.29) is 17.0 Å². The molecule has 4 fully saturated rings. The Bertz CT molecular complexity index is 380. The Balaban J connectivity index is 1.76. The number of rotatable bonds is 5. The van der Waals surface area contributed by atoms with Crippen molar-refractivity contribution in [2.24, 2.45) is 17.3 Å². The van der Waals surface area contributed by atoms with Gasteiger partial charge in [-0.3, -0.25) is 4.79 Å². The maximum atomic E-state index is 11.1. The predicted octanol–water partition coefficient (Wildman–Crippen LogP) is 1.83. The molecule has 0 aromatic heterocycles. The number of hydrogen-bond acceptors (Lipinski definition) is 5. The minimum Gasteiger partial charge on any atom is -0.465 e. The molecular weight excluding hydrogens is 260 g/mol. The molecule has 114 valence electrons. The molecule has 0 aliphatic heterocycles. The molecule has 4 aliphatic rings. The smallest absolute Gasteiger partial charge is 0.302 e. The zero-order valence-corrected chi connectivity index (χ0v) is 12.3. The maximum Gasteiger partial charge on any atom is 0.302 e. The third kappa shape index (κ3) is 2.59. The first-order valence-corrected chi connectivity index (χ1v) is 7.46. The molecule has 0 saturated heterocycles. The maximum absolute atomic E-state index is 11.1. The second-order valence-electron chi connectivity index (χ2n) is 7.08. The molecule has 4 rings (SSSR count). The van der Waals surface area contributed by atoms with Gasteiger partial charge >= 0.3 is 5.97 Å². The minimum atomic E-state index is -1.16. The number of ether oxygens (including phenoxy) is 3. The van der Waals surface area contributed by atoms with Gasteiger partial charge in [0.15, 0.2) is 0 Å². The third-order valence-electron chi connectivity index (χ3n) is 5.26. The van der Waals surface area contributed by atoms with Crippen molar-refractivity contribution in [2.45, 2.75) is 57.5 Å². The summed E-state index contributed by atoms with van der Waals surface area (Å²) in [5.74, 6) is 1.03. The van der Waals surface area contributed by atoms with E-state index in [1.807, 2.05) is 0 Å². The van der Waals surface area contributed by atoms with Crippen LogP contribution in [0.5, 0.6) is 0 Å². The van der Waals surface area contributed by atoms with Crippen LogP contribution in [-0.4, -0.2) is 36.9 Å². The molecular formula is C15H24O5. The Morgan fingerprint density at radius 1 is 1.30 bits per heavy atom. The summed E-state index contributed by atoms with van der Waals surface area (Å²) in [5.41, 5.74) is -0.247. The first-order valence-electron chi connectivity index (χ1n) is 7.46. The SMILES string of the molecule is COC(O)OC12CC3CC(CC(COC(C)=O)(C3)C1)C2. The van der Waals surface area contributed by atoms with Gasteiger partial charge in [-0.25, -0.2) is 0 Å². The van der Waals surface area contributed by atoms with E-state index in [2.05, 4.69) is 0 Å². The van der Waals surface area contributed by atoms with Gasteiger partial charge in [-0.15, -0.1) is 0 Å². The summed E-state index contributed by atoms with van der Waals surface area (Å²) in [4.78, 5) is 11.1. The lowest BCUT2D eigenvalue weighted by molar-refractivity contribution is -0.332. The lowest BCUT2D eigenvalue weighted by atomic mass is 9.48. The van der Waals surface area contributed by atoms with Crippen LogP contribution in [0.15, 0.2) is 0 Å². The molecule has 3 unspecified atom stereocenters. The highest BCUT2D eigenvalue weighted by atomic mass is 16.8. The van der Waals surface area contributed by atoms with Crippen LogP contribution in [0.4, 0.5) is 0 Å². The Morgan fingerprint density at radius 3 is 2.50 bits per heavy atom. The molecule has 4 saturated carbocycles. The summed E-state index contributed by atoms with van der Waals surface area (Å²) in [7, 11) is 1.44. The summed E-state index contributed by atoms with van der Waals surface area (Å²) in [6, 6.07) is 0. The van der Waals surface area contributed by atoms with Gasteiger partial charge in [-0.1, -0.05) is 0 Å². The van der Waals surface area contributed by atoms with Gasteiger partial charge in [-0.2, -0.15) is 0 Å². The number of aliphatic hydroxyl groups is 1. The van der Waals surface area contributed by atoms with Crippen LogP contribution in [0.3, 0.4) is 0 Å². The van der Waals surface area contributed by atoms with Crippen LogP contribution in [0.2, 0.25) is 0 Å². The largest absolute Gasteiger partial charge is 0.465 e. The van der Waals surface area contributed by atoms with E-state index in [1.54, 1.807) is 0 Å². The van der Waals surface area contributed by atoms with Crippen molar-refractivity contribution >= 4 is 5.97 Å². The highest BCUT2D eigenvalue weighted by molar-refractivity contribution is 5.65. The third-order valence-corrected chi connectivity index (χ3v) is 5.26. The van der Waals surface area contributed by atoms with Crippen molar-refractivity contribution < 1.29 is 24.1 Å².